The molecule has 5 nitrogen and oxygen atoms in total. The first-order chi connectivity index (χ1) is 7.25. The Kier molecular flexibility index (Phi) is 4.65. The normalized spacial score (nSPS) is 10.0. The predicted molar refractivity (Wildman–Crippen MR) is 49.5 cm³/mol. The molecule has 1 rings (SSSR count). The van der Waals surface area contributed by atoms with Crippen LogP contribution >= 0.6 is 0 Å². The van der Waals surface area contributed by atoms with E-state index in [4.69, 9.17) is 9.57 Å². The van der Waals surface area contributed by atoms with E-state index in [-0.39, 0.29) is 12.2 Å². The molecule has 1 N–H and O–H groups in total. The fourth-order valence-electron chi connectivity index (χ4n) is 0.856. The first-order valence-electron chi connectivity index (χ1n) is 4.26. The number of nitrogens with one attached hydrogen (secondary N) is 1. The van der Waals surface area contributed by atoms with Gasteiger partial charge < -0.3 is 4.74 Å². The lowest BCUT2D eigenvalue weighted by Gasteiger charge is -2.05. The van der Waals surface area contributed by atoms with Gasteiger partial charge >= 0.3 is 0 Å². The van der Waals surface area contributed by atoms with Gasteiger partial charge in [0.15, 0.2) is 5.82 Å². The first-order valence-corrected chi connectivity index (χ1v) is 4.26. The zero-order chi connectivity index (χ0) is 11.1. The molecule has 0 bridgehead atoms. The molecule has 6 heteroatoms. The topological polar surface area (TPSA) is 60.5 Å². The number of halogens is 1. The second-order valence-corrected chi connectivity index (χ2v) is 2.63. The molecule has 82 valence electrons. The molecule has 15 heavy (non-hydrogen) atoms. The zero-order valence-electron chi connectivity index (χ0n) is 8.20. The molecule has 0 aliphatic rings. The minimum Gasteiger partial charge on any atom is -0.382 e. The molecule has 0 fully saturated rings. The van der Waals surface area contributed by atoms with Crippen LogP contribution in [0.3, 0.4) is 0 Å². The molecule has 0 saturated heterocycles. The van der Waals surface area contributed by atoms with Gasteiger partial charge in [-0.25, -0.2) is 9.87 Å². The van der Waals surface area contributed by atoms with Crippen molar-refractivity contribution in [3.63, 3.8) is 0 Å². The minimum atomic E-state index is -0.689. The number of methoxy groups -OCH3 is 1. The second kappa shape index (κ2) is 6.05. The molecule has 0 unspecified atom stereocenters. The summed E-state index contributed by atoms with van der Waals surface area (Å²) < 4.78 is 17.7. The van der Waals surface area contributed by atoms with Crippen molar-refractivity contribution >= 4 is 5.91 Å². The average molecular weight is 214 g/mol. The number of carbonyl (C=O) groups is 1. The van der Waals surface area contributed by atoms with Crippen molar-refractivity contribution in [3.8, 4) is 0 Å². The highest BCUT2D eigenvalue weighted by atomic mass is 19.1. The number of ether oxygens (including phenoxy) is 1. The molecule has 0 radical (unpaired) electrons. The standard InChI is InChI=1S/C9H11FN2O3/c1-14-4-5-15-12-9(13)7-2-3-11-6-8(7)10/h2-3,6H,4-5H2,1H3,(H,12,13). The molecule has 0 atom stereocenters. The summed E-state index contributed by atoms with van der Waals surface area (Å²) in [5, 5.41) is 0. The van der Waals surface area contributed by atoms with E-state index in [1.807, 2.05) is 0 Å². The molecule has 0 saturated carbocycles. The Hall–Kier alpha value is -1.53. The fraction of sp³-hybridized carbons (Fsp3) is 0.333. The van der Waals surface area contributed by atoms with E-state index in [2.05, 4.69) is 10.5 Å². The fourth-order valence-corrected chi connectivity index (χ4v) is 0.856. The molecule has 1 aromatic heterocycles. The third-order valence-electron chi connectivity index (χ3n) is 1.57. The molecule has 0 aliphatic carbocycles. The van der Waals surface area contributed by atoms with Gasteiger partial charge in [0.05, 0.1) is 25.0 Å². The summed E-state index contributed by atoms with van der Waals surface area (Å²) in [6.07, 6.45) is 2.29. The van der Waals surface area contributed by atoms with Gasteiger partial charge in [-0.3, -0.25) is 14.6 Å². The van der Waals surface area contributed by atoms with Crippen LogP contribution in [0.1, 0.15) is 10.4 Å². The van der Waals surface area contributed by atoms with Gasteiger partial charge in [-0.05, 0) is 6.07 Å². The number of nitrogens with zero attached hydrogens (tertiary/aromatic N) is 1. The van der Waals surface area contributed by atoms with E-state index in [1.54, 1.807) is 0 Å². The average Bonchev–Trinajstić information content (AvgIpc) is 2.25. The summed E-state index contributed by atoms with van der Waals surface area (Å²) in [7, 11) is 1.51. The van der Waals surface area contributed by atoms with Gasteiger partial charge in [0, 0.05) is 13.3 Å². The quantitative estimate of drug-likeness (QED) is 0.573. The van der Waals surface area contributed by atoms with Gasteiger partial charge in [0.1, 0.15) is 0 Å². The number of hydrogen-bond donors (Lipinski definition) is 1. The number of carbonyl (C=O) groups excluding carboxylic acids is 1. The number of hydroxylamine groups is 1. The molecule has 1 heterocycles. The summed E-state index contributed by atoms with van der Waals surface area (Å²) in [6, 6.07) is 1.27. The maximum absolute atomic E-state index is 13.0. The van der Waals surface area contributed by atoms with Crippen molar-refractivity contribution < 1.29 is 18.8 Å². The lowest BCUT2D eigenvalue weighted by molar-refractivity contribution is 0.00864. The van der Waals surface area contributed by atoms with Crippen LogP contribution in [0.2, 0.25) is 0 Å². The Morgan fingerprint density at radius 3 is 3.07 bits per heavy atom. The first kappa shape index (κ1) is 11.5. The van der Waals surface area contributed by atoms with Crippen molar-refractivity contribution in [1.82, 2.24) is 10.5 Å². The van der Waals surface area contributed by atoms with Crippen LogP contribution < -0.4 is 5.48 Å². The number of pyridine rings is 1. The maximum atomic E-state index is 13.0. The summed E-state index contributed by atoms with van der Waals surface area (Å²) in [5.41, 5.74) is 1.98. The Morgan fingerprint density at radius 1 is 1.60 bits per heavy atom. The van der Waals surface area contributed by atoms with Crippen LogP contribution in [-0.4, -0.2) is 31.2 Å². The Balaban J connectivity index is 2.44. The Labute approximate surface area is 86.2 Å². The van der Waals surface area contributed by atoms with Gasteiger partial charge in [-0.15, -0.1) is 0 Å². The highest BCUT2D eigenvalue weighted by Gasteiger charge is 2.10. The zero-order valence-corrected chi connectivity index (χ0v) is 8.20. The Morgan fingerprint density at radius 2 is 2.40 bits per heavy atom. The van der Waals surface area contributed by atoms with Crippen LogP contribution in [0.15, 0.2) is 18.5 Å². The monoisotopic (exact) mass is 214 g/mol. The van der Waals surface area contributed by atoms with Crippen LogP contribution in [0, 0.1) is 5.82 Å². The van der Waals surface area contributed by atoms with E-state index in [9.17, 15) is 9.18 Å². The summed E-state index contributed by atoms with van der Waals surface area (Å²) in [5.74, 6) is -1.34. The second-order valence-electron chi connectivity index (χ2n) is 2.63. The van der Waals surface area contributed by atoms with E-state index < -0.39 is 11.7 Å². The van der Waals surface area contributed by atoms with Gasteiger partial charge in [-0.1, -0.05) is 0 Å². The summed E-state index contributed by atoms with van der Waals surface area (Å²) >= 11 is 0. The highest BCUT2D eigenvalue weighted by Crippen LogP contribution is 2.03. The SMILES string of the molecule is COCCONC(=O)c1ccncc1F. The molecular formula is C9H11FN2O3. The van der Waals surface area contributed by atoms with E-state index >= 15 is 0 Å². The van der Waals surface area contributed by atoms with Crippen molar-refractivity contribution in [1.29, 1.82) is 0 Å². The third kappa shape index (κ3) is 3.61. The minimum absolute atomic E-state index is 0.109. The van der Waals surface area contributed by atoms with Crippen molar-refractivity contribution in [2.45, 2.75) is 0 Å². The van der Waals surface area contributed by atoms with E-state index in [0.717, 1.165) is 6.20 Å². The molecular weight excluding hydrogens is 203 g/mol. The van der Waals surface area contributed by atoms with Crippen LogP contribution in [-0.2, 0) is 9.57 Å². The lowest BCUT2D eigenvalue weighted by Crippen LogP contribution is -2.26. The van der Waals surface area contributed by atoms with Crippen LogP contribution in [0.25, 0.3) is 0 Å². The summed E-state index contributed by atoms with van der Waals surface area (Å²) in [4.78, 5) is 19.5. The molecule has 0 aromatic carbocycles. The van der Waals surface area contributed by atoms with Crippen molar-refractivity contribution in [3.05, 3.63) is 29.8 Å². The Bertz CT molecular complexity index is 333. The summed E-state index contributed by atoms with van der Waals surface area (Å²) in [6.45, 7) is 0.550. The lowest BCUT2D eigenvalue weighted by atomic mass is 10.2. The third-order valence-corrected chi connectivity index (χ3v) is 1.57. The number of aromatic nitrogens is 1. The molecule has 1 amide bonds. The smallest absolute Gasteiger partial charge is 0.277 e. The van der Waals surface area contributed by atoms with E-state index in [0.29, 0.717) is 6.61 Å². The van der Waals surface area contributed by atoms with Crippen LogP contribution in [0.5, 0.6) is 0 Å². The molecule has 0 aliphatic heterocycles. The van der Waals surface area contributed by atoms with Crippen molar-refractivity contribution in [2.75, 3.05) is 20.3 Å². The van der Waals surface area contributed by atoms with Gasteiger partial charge in [0.25, 0.3) is 5.91 Å². The number of amides is 1. The maximum Gasteiger partial charge on any atom is 0.277 e. The van der Waals surface area contributed by atoms with Crippen molar-refractivity contribution in [2.24, 2.45) is 0 Å². The van der Waals surface area contributed by atoms with Gasteiger partial charge in [-0.2, -0.15) is 0 Å². The predicted octanol–water partition coefficient (Wildman–Crippen LogP) is 0.528. The molecule has 0 spiro atoms. The largest absolute Gasteiger partial charge is 0.382 e. The number of hydrogen-bond acceptors (Lipinski definition) is 4. The number of rotatable bonds is 5. The van der Waals surface area contributed by atoms with Crippen LogP contribution in [0.4, 0.5) is 4.39 Å². The van der Waals surface area contributed by atoms with E-state index in [1.165, 1.54) is 19.4 Å². The highest BCUT2D eigenvalue weighted by molar-refractivity contribution is 5.93. The molecule has 1 aromatic rings. The van der Waals surface area contributed by atoms with Gasteiger partial charge in [0.2, 0.25) is 0 Å².